The van der Waals surface area contributed by atoms with E-state index in [1.807, 2.05) is 60.7 Å². The van der Waals surface area contributed by atoms with E-state index in [0.717, 1.165) is 77.6 Å². The summed E-state index contributed by atoms with van der Waals surface area (Å²) in [5.74, 6) is 0.181. The zero-order valence-corrected chi connectivity index (χ0v) is 23.5. The molecule has 1 fully saturated rings. The number of pyridine rings is 1. The Morgan fingerprint density at radius 2 is 1.68 bits per heavy atom. The van der Waals surface area contributed by atoms with Gasteiger partial charge in [0, 0.05) is 47.5 Å². The normalized spacial score (nSPS) is 16.7. The highest BCUT2D eigenvalue weighted by molar-refractivity contribution is 9.10. The highest BCUT2D eigenvalue weighted by Crippen LogP contribution is 2.48. The van der Waals surface area contributed by atoms with E-state index < -0.39 is 5.60 Å². The topological polar surface area (TPSA) is 57.6 Å². The predicted octanol–water partition coefficient (Wildman–Crippen LogP) is 6.10. The summed E-state index contributed by atoms with van der Waals surface area (Å²) in [5.41, 5.74) is 2.54. The van der Waals surface area contributed by atoms with Gasteiger partial charge in [-0.3, -0.25) is 0 Å². The summed E-state index contributed by atoms with van der Waals surface area (Å²) < 4.78 is 6.87. The van der Waals surface area contributed by atoms with Gasteiger partial charge in [-0.15, -0.1) is 0 Å². The molecule has 198 valence electrons. The van der Waals surface area contributed by atoms with E-state index in [1.54, 1.807) is 7.11 Å². The molecule has 1 aliphatic heterocycles. The Morgan fingerprint density at radius 3 is 2.39 bits per heavy atom. The van der Waals surface area contributed by atoms with E-state index in [0.29, 0.717) is 12.3 Å². The van der Waals surface area contributed by atoms with Gasteiger partial charge in [-0.2, -0.15) is 0 Å². The number of benzene rings is 3. The highest BCUT2D eigenvalue weighted by atomic mass is 79.9. The smallest absolute Gasteiger partial charge is 0.217 e. The van der Waals surface area contributed by atoms with Gasteiger partial charge < -0.3 is 20.1 Å². The summed E-state index contributed by atoms with van der Waals surface area (Å²) in [5, 5.41) is 17.2. The van der Waals surface area contributed by atoms with E-state index in [2.05, 4.69) is 50.4 Å². The molecular formula is C32H36BrN3O2. The van der Waals surface area contributed by atoms with Crippen LogP contribution in [-0.4, -0.2) is 54.8 Å². The Kier molecular flexibility index (Phi) is 8.75. The quantitative estimate of drug-likeness (QED) is 0.224. The van der Waals surface area contributed by atoms with Gasteiger partial charge in [0.05, 0.1) is 12.6 Å². The van der Waals surface area contributed by atoms with Gasteiger partial charge in [-0.25, -0.2) is 4.98 Å². The lowest BCUT2D eigenvalue weighted by molar-refractivity contribution is 0.00649. The Hall–Kier alpha value is -2.77. The number of nitrogens with zero attached hydrogens (tertiary/aromatic N) is 2. The second kappa shape index (κ2) is 12.4. The van der Waals surface area contributed by atoms with Gasteiger partial charge in [0.1, 0.15) is 5.60 Å². The van der Waals surface area contributed by atoms with Crippen molar-refractivity contribution in [3.05, 3.63) is 106 Å². The molecule has 0 aliphatic carbocycles. The van der Waals surface area contributed by atoms with Crippen molar-refractivity contribution in [2.45, 2.75) is 30.8 Å². The van der Waals surface area contributed by atoms with Gasteiger partial charge in [-0.1, -0.05) is 76.6 Å². The zero-order valence-electron chi connectivity index (χ0n) is 21.9. The maximum Gasteiger partial charge on any atom is 0.217 e. The van der Waals surface area contributed by atoms with Gasteiger partial charge in [0.2, 0.25) is 5.88 Å². The summed E-state index contributed by atoms with van der Waals surface area (Å²) >= 11 is 3.61. The fourth-order valence-electron chi connectivity index (χ4n) is 5.72. The highest BCUT2D eigenvalue weighted by Gasteiger charge is 2.42. The van der Waals surface area contributed by atoms with Gasteiger partial charge in [-0.05, 0) is 61.2 Å². The fraction of sp³-hybridized carbons (Fsp3) is 0.344. The van der Waals surface area contributed by atoms with E-state index >= 15 is 0 Å². The SMILES string of the molecule is COc1nc2ccc(Br)cc2cc1C(c1ccccc1)C(O)(CCCCN1CCNCC1)c1ccccc1. The van der Waals surface area contributed by atoms with Crippen LogP contribution in [0, 0.1) is 0 Å². The van der Waals surface area contributed by atoms with Crippen LogP contribution in [0.1, 0.15) is 41.9 Å². The third-order valence-electron chi connectivity index (χ3n) is 7.65. The second-order valence-electron chi connectivity index (χ2n) is 10.1. The first kappa shape index (κ1) is 26.8. The Labute approximate surface area is 234 Å². The third-order valence-corrected chi connectivity index (χ3v) is 8.14. The molecular weight excluding hydrogens is 538 g/mol. The molecule has 6 heteroatoms. The molecule has 0 saturated carbocycles. The first-order valence-corrected chi connectivity index (χ1v) is 14.3. The van der Waals surface area contributed by atoms with Crippen molar-refractivity contribution in [1.82, 2.24) is 15.2 Å². The lowest BCUT2D eigenvalue weighted by Gasteiger charge is -2.38. The van der Waals surface area contributed by atoms with Crippen molar-refractivity contribution in [3.8, 4) is 5.88 Å². The molecule has 2 heterocycles. The summed E-state index contributed by atoms with van der Waals surface area (Å²) in [6, 6.07) is 28.6. The third kappa shape index (κ3) is 5.94. The minimum atomic E-state index is -1.15. The van der Waals surface area contributed by atoms with Crippen LogP contribution in [0.5, 0.6) is 5.88 Å². The van der Waals surface area contributed by atoms with Crippen LogP contribution in [0.3, 0.4) is 0 Å². The Balaban J connectivity index is 1.58. The fourth-order valence-corrected chi connectivity index (χ4v) is 6.10. The molecule has 4 aromatic rings. The number of halogens is 1. The minimum Gasteiger partial charge on any atom is -0.481 e. The van der Waals surface area contributed by atoms with Gasteiger partial charge >= 0.3 is 0 Å². The lowest BCUT2D eigenvalue weighted by atomic mass is 9.71. The summed E-state index contributed by atoms with van der Waals surface area (Å²) in [6.45, 7) is 5.33. The molecule has 2 unspecified atom stereocenters. The number of hydrogen-bond acceptors (Lipinski definition) is 5. The lowest BCUT2D eigenvalue weighted by Crippen LogP contribution is -2.43. The molecule has 3 aromatic carbocycles. The van der Waals surface area contributed by atoms with Crippen LogP contribution < -0.4 is 10.1 Å². The molecule has 2 N–H and O–H groups in total. The van der Waals surface area contributed by atoms with Gasteiger partial charge in [0.25, 0.3) is 0 Å². The number of nitrogens with one attached hydrogen (secondary N) is 1. The molecule has 5 rings (SSSR count). The average molecular weight is 575 g/mol. The van der Waals surface area contributed by atoms with Crippen molar-refractivity contribution < 1.29 is 9.84 Å². The largest absolute Gasteiger partial charge is 0.481 e. The van der Waals surface area contributed by atoms with Crippen LogP contribution in [0.15, 0.2) is 89.4 Å². The number of piperazine rings is 1. The van der Waals surface area contributed by atoms with Crippen molar-refractivity contribution in [2.24, 2.45) is 0 Å². The summed E-state index contributed by atoms with van der Waals surface area (Å²) in [6.07, 6.45) is 2.58. The molecule has 1 aliphatic rings. The number of hydrogen-bond donors (Lipinski definition) is 2. The molecule has 0 bridgehead atoms. The molecule has 0 spiro atoms. The van der Waals surface area contributed by atoms with E-state index in [9.17, 15) is 5.11 Å². The molecule has 1 aromatic heterocycles. The molecule has 1 saturated heterocycles. The monoisotopic (exact) mass is 573 g/mol. The van der Waals surface area contributed by atoms with Crippen molar-refractivity contribution in [3.63, 3.8) is 0 Å². The van der Waals surface area contributed by atoms with Crippen LogP contribution in [0.4, 0.5) is 0 Å². The number of aliphatic hydroxyl groups is 1. The predicted molar refractivity (Wildman–Crippen MR) is 158 cm³/mol. The maximum atomic E-state index is 12.8. The molecule has 5 nitrogen and oxygen atoms in total. The number of ether oxygens (including phenoxy) is 1. The number of unbranched alkanes of at least 4 members (excludes halogenated alkanes) is 1. The molecule has 2 atom stereocenters. The zero-order chi connectivity index (χ0) is 26.4. The number of methoxy groups -OCH3 is 1. The number of rotatable bonds is 10. The van der Waals surface area contributed by atoms with Crippen molar-refractivity contribution >= 4 is 26.8 Å². The second-order valence-corrected chi connectivity index (χ2v) is 11.0. The average Bonchev–Trinajstić information content (AvgIpc) is 2.96. The standard InChI is InChI=1S/C32H36BrN3O2/c1-38-31-28(23-25-22-27(33)14-15-29(25)35-31)30(24-10-4-2-5-11-24)32(37,26-12-6-3-7-13-26)16-8-9-19-36-20-17-34-18-21-36/h2-7,10-15,22-23,30,34,37H,8-9,16-21H2,1H3. The van der Waals surface area contributed by atoms with Crippen LogP contribution >= 0.6 is 15.9 Å². The van der Waals surface area contributed by atoms with Crippen LogP contribution in [0.2, 0.25) is 0 Å². The number of aromatic nitrogens is 1. The van der Waals surface area contributed by atoms with Crippen LogP contribution in [-0.2, 0) is 5.60 Å². The van der Waals surface area contributed by atoms with Gasteiger partial charge in [0.15, 0.2) is 0 Å². The maximum absolute atomic E-state index is 12.8. The van der Waals surface area contributed by atoms with E-state index in [1.165, 1.54) is 0 Å². The molecule has 0 amide bonds. The Bertz CT molecular complexity index is 1330. The molecule has 38 heavy (non-hydrogen) atoms. The summed E-state index contributed by atoms with van der Waals surface area (Å²) in [4.78, 5) is 7.39. The van der Waals surface area contributed by atoms with Crippen molar-refractivity contribution in [1.29, 1.82) is 0 Å². The molecule has 0 radical (unpaired) electrons. The minimum absolute atomic E-state index is 0.365. The van der Waals surface area contributed by atoms with Crippen LogP contribution in [0.25, 0.3) is 10.9 Å². The first-order valence-electron chi connectivity index (χ1n) is 13.5. The van der Waals surface area contributed by atoms with Crippen molar-refractivity contribution in [2.75, 3.05) is 39.8 Å². The Morgan fingerprint density at radius 1 is 0.974 bits per heavy atom. The van der Waals surface area contributed by atoms with E-state index in [-0.39, 0.29) is 5.92 Å². The summed E-state index contributed by atoms with van der Waals surface area (Å²) in [7, 11) is 1.66. The first-order chi connectivity index (χ1) is 18.6. The van der Waals surface area contributed by atoms with E-state index in [4.69, 9.17) is 9.72 Å². The number of fused-ring (bicyclic) bond motifs is 1.